The van der Waals surface area contributed by atoms with Crippen LogP contribution in [0.25, 0.3) is 0 Å². The molecule has 92 valence electrons. The Labute approximate surface area is 110 Å². The van der Waals surface area contributed by atoms with Crippen LogP contribution in [0.4, 0.5) is 14.5 Å². The number of para-hydroxylation sites is 1. The van der Waals surface area contributed by atoms with E-state index in [0.29, 0.717) is 4.47 Å². The maximum Gasteiger partial charge on any atom is 0.275 e. The van der Waals surface area contributed by atoms with Gasteiger partial charge >= 0.3 is 0 Å². The Morgan fingerprint density at radius 3 is 2.44 bits per heavy atom. The molecular weight excluding hydrogens is 306 g/mol. The number of benzene rings is 1. The van der Waals surface area contributed by atoms with Crippen LogP contribution in [-0.2, 0) is 0 Å². The zero-order valence-corrected chi connectivity index (χ0v) is 10.5. The lowest BCUT2D eigenvalue weighted by Crippen LogP contribution is -2.16. The van der Waals surface area contributed by atoms with Crippen molar-refractivity contribution in [2.45, 2.75) is 0 Å². The van der Waals surface area contributed by atoms with Crippen LogP contribution < -0.4 is 5.32 Å². The number of hydrogen-bond donors (Lipinski definition) is 1. The fourth-order valence-electron chi connectivity index (χ4n) is 1.34. The number of rotatable bonds is 2. The number of nitrogens with zero attached hydrogens (tertiary/aromatic N) is 1. The summed E-state index contributed by atoms with van der Waals surface area (Å²) in [4.78, 5) is 15.6. The fraction of sp³-hybridized carbons (Fsp3) is 0. The summed E-state index contributed by atoms with van der Waals surface area (Å²) in [5.74, 6) is -2.36. The predicted molar refractivity (Wildman–Crippen MR) is 66.2 cm³/mol. The Bertz CT molecular complexity index is 584. The van der Waals surface area contributed by atoms with Crippen molar-refractivity contribution in [3.05, 3.63) is 58.3 Å². The Morgan fingerprint density at radius 1 is 1.17 bits per heavy atom. The third-order valence-corrected chi connectivity index (χ3v) is 2.81. The minimum atomic E-state index is -0.838. The van der Waals surface area contributed by atoms with Gasteiger partial charge in [-0.3, -0.25) is 4.79 Å². The summed E-state index contributed by atoms with van der Waals surface area (Å²) in [6.07, 6.45) is 1.41. The highest BCUT2D eigenvalue weighted by atomic mass is 79.9. The number of pyridine rings is 1. The van der Waals surface area contributed by atoms with Gasteiger partial charge in [-0.05, 0) is 40.2 Å². The lowest BCUT2D eigenvalue weighted by Gasteiger charge is -2.07. The summed E-state index contributed by atoms with van der Waals surface area (Å²) in [7, 11) is 0. The largest absolute Gasteiger partial charge is 0.316 e. The lowest BCUT2D eigenvalue weighted by molar-refractivity contribution is 0.102. The van der Waals surface area contributed by atoms with Gasteiger partial charge < -0.3 is 5.32 Å². The van der Waals surface area contributed by atoms with Gasteiger partial charge in [-0.25, -0.2) is 13.8 Å². The minimum absolute atomic E-state index is 0.0557. The summed E-state index contributed by atoms with van der Waals surface area (Å²) < 4.78 is 27.1. The van der Waals surface area contributed by atoms with E-state index in [1.54, 1.807) is 12.1 Å². The van der Waals surface area contributed by atoms with E-state index in [-0.39, 0.29) is 5.69 Å². The summed E-state index contributed by atoms with van der Waals surface area (Å²) in [6.45, 7) is 0. The highest BCUT2D eigenvalue weighted by Crippen LogP contribution is 2.20. The van der Waals surface area contributed by atoms with Gasteiger partial charge in [-0.15, -0.1) is 0 Å². The molecule has 0 unspecified atom stereocenters. The number of nitrogens with one attached hydrogen (secondary N) is 1. The highest BCUT2D eigenvalue weighted by Gasteiger charge is 2.16. The Morgan fingerprint density at radius 2 is 1.83 bits per heavy atom. The summed E-state index contributed by atoms with van der Waals surface area (Å²) in [5, 5.41) is 2.15. The molecule has 0 saturated carbocycles. The van der Waals surface area contributed by atoms with Crippen LogP contribution in [0.3, 0.4) is 0 Å². The molecular formula is C12H7BrF2N2O. The first-order valence-electron chi connectivity index (χ1n) is 4.95. The van der Waals surface area contributed by atoms with Gasteiger partial charge in [-0.2, -0.15) is 0 Å². The monoisotopic (exact) mass is 312 g/mol. The molecule has 1 N–H and O–H groups in total. The molecule has 1 heterocycles. The number of anilines is 1. The molecule has 1 amide bonds. The van der Waals surface area contributed by atoms with Gasteiger partial charge in [0.05, 0.1) is 0 Å². The quantitative estimate of drug-likeness (QED) is 0.923. The molecule has 2 rings (SSSR count). The van der Waals surface area contributed by atoms with Crippen LogP contribution in [-0.4, -0.2) is 10.9 Å². The molecule has 0 spiro atoms. The third-order valence-electron chi connectivity index (χ3n) is 2.17. The average molecular weight is 313 g/mol. The summed E-state index contributed by atoms with van der Waals surface area (Å²) in [5.41, 5.74) is -0.430. The van der Waals surface area contributed by atoms with E-state index in [0.717, 1.165) is 12.1 Å². The van der Waals surface area contributed by atoms with E-state index in [4.69, 9.17) is 0 Å². The average Bonchev–Trinajstić information content (AvgIpc) is 2.34. The van der Waals surface area contributed by atoms with E-state index in [1.165, 1.54) is 12.3 Å². The van der Waals surface area contributed by atoms with Crippen molar-refractivity contribution in [2.24, 2.45) is 0 Å². The van der Waals surface area contributed by atoms with Crippen LogP contribution in [0.15, 0.2) is 41.0 Å². The fourth-order valence-corrected chi connectivity index (χ4v) is 1.78. The van der Waals surface area contributed by atoms with E-state index in [1.807, 2.05) is 0 Å². The number of carbonyl (C=O) groups excluding carboxylic acids is 1. The first kappa shape index (κ1) is 12.6. The summed E-state index contributed by atoms with van der Waals surface area (Å²) >= 11 is 3.14. The van der Waals surface area contributed by atoms with E-state index >= 15 is 0 Å². The van der Waals surface area contributed by atoms with Gasteiger partial charge in [0.2, 0.25) is 0 Å². The zero-order chi connectivity index (χ0) is 13.1. The maximum atomic E-state index is 13.3. The van der Waals surface area contributed by atoms with Gasteiger partial charge in [-0.1, -0.05) is 6.07 Å². The second-order valence-corrected chi connectivity index (χ2v) is 4.24. The van der Waals surface area contributed by atoms with E-state index in [2.05, 4.69) is 26.2 Å². The summed E-state index contributed by atoms with van der Waals surface area (Å²) in [6, 6.07) is 6.58. The van der Waals surface area contributed by atoms with Crippen LogP contribution in [0.2, 0.25) is 0 Å². The van der Waals surface area contributed by atoms with Gasteiger partial charge in [0, 0.05) is 10.7 Å². The normalized spacial score (nSPS) is 10.2. The van der Waals surface area contributed by atoms with Crippen molar-refractivity contribution < 1.29 is 13.6 Å². The predicted octanol–water partition coefficient (Wildman–Crippen LogP) is 3.37. The van der Waals surface area contributed by atoms with Gasteiger partial charge in [0.25, 0.3) is 5.91 Å². The molecule has 18 heavy (non-hydrogen) atoms. The second-order valence-electron chi connectivity index (χ2n) is 3.38. The molecule has 0 aliphatic heterocycles. The molecule has 0 aliphatic carbocycles. The highest BCUT2D eigenvalue weighted by molar-refractivity contribution is 9.10. The van der Waals surface area contributed by atoms with E-state index in [9.17, 15) is 13.6 Å². The topological polar surface area (TPSA) is 42.0 Å². The number of hydrogen-bond acceptors (Lipinski definition) is 2. The molecule has 0 fully saturated rings. The molecule has 1 aromatic heterocycles. The van der Waals surface area contributed by atoms with Crippen LogP contribution in [0.5, 0.6) is 0 Å². The number of amides is 1. The molecule has 0 radical (unpaired) electrons. The lowest BCUT2D eigenvalue weighted by atomic mass is 10.2. The van der Waals surface area contributed by atoms with Crippen molar-refractivity contribution >= 4 is 27.5 Å². The Hall–Kier alpha value is -1.82. The van der Waals surface area contributed by atoms with Crippen LogP contribution >= 0.6 is 15.9 Å². The maximum absolute atomic E-state index is 13.3. The van der Waals surface area contributed by atoms with Crippen molar-refractivity contribution in [1.82, 2.24) is 4.98 Å². The van der Waals surface area contributed by atoms with Crippen molar-refractivity contribution in [3.8, 4) is 0 Å². The third kappa shape index (κ3) is 2.53. The SMILES string of the molecule is O=C(Nc1c(F)cccc1F)c1ncccc1Br. The molecule has 0 bridgehead atoms. The van der Waals surface area contributed by atoms with Crippen molar-refractivity contribution in [1.29, 1.82) is 0 Å². The Kier molecular flexibility index (Phi) is 3.66. The minimum Gasteiger partial charge on any atom is -0.316 e. The van der Waals surface area contributed by atoms with E-state index < -0.39 is 23.2 Å². The molecule has 0 atom stereocenters. The molecule has 3 nitrogen and oxygen atoms in total. The van der Waals surface area contributed by atoms with Crippen molar-refractivity contribution in [3.63, 3.8) is 0 Å². The molecule has 2 aromatic rings. The van der Waals surface area contributed by atoms with Crippen LogP contribution in [0, 0.1) is 11.6 Å². The second kappa shape index (κ2) is 5.22. The Balaban J connectivity index is 2.30. The smallest absolute Gasteiger partial charge is 0.275 e. The first-order valence-corrected chi connectivity index (χ1v) is 5.75. The molecule has 6 heteroatoms. The molecule has 0 aliphatic rings. The molecule has 1 aromatic carbocycles. The first-order chi connectivity index (χ1) is 8.59. The number of carbonyl (C=O) groups is 1. The standard InChI is InChI=1S/C12H7BrF2N2O/c13-7-3-2-6-16-10(7)12(18)17-11-8(14)4-1-5-9(11)15/h1-6H,(H,17,18). The van der Waals surface area contributed by atoms with Gasteiger partial charge in [0.15, 0.2) is 0 Å². The molecule has 0 saturated heterocycles. The zero-order valence-electron chi connectivity index (χ0n) is 8.95. The van der Waals surface area contributed by atoms with Crippen LogP contribution in [0.1, 0.15) is 10.5 Å². The van der Waals surface area contributed by atoms with Crippen molar-refractivity contribution in [2.75, 3.05) is 5.32 Å². The number of halogens is 3. The van der Waals surface area contributed by atoms with Gasteiger partial charge in [0.1, 0.15) is 23.0 Å². The number of aromatic nitrogens is 1.